The van der Waals surface area contributed by atoms with Crippen molar-refractivity contribution in [3.05, 3.63) is 53.1 Å². The molecule has 0 fully saturated rings. The van der Waals surface area contributed by atoms with Gasteiger partial charge in [-0.05, 0) is 50.3 Å². The minimum Gasteiger partial charge on any atom is -0.508 e. The molecule has 2 atom stereocenters. The first kappa shape index (κ1) is 14.7. The predicted molar refractivity (Wildman–Crippen MR) is 91.1 cm³/mol. The van der Waals surface area contributed by atoms with Gasteiger partial charge >= 0.3 is 0 Å². The Morgan fingerprint density at radius 1 is 1.12 bits per heavy atom. The lowest BCUT2D eigenvalue weighted by Gasteiger charge is -2.37. The lowest BCUT2D eigenvalue weighted by molar-refractivity contribution is -0.0865. The van der Waals surface area contributed by atoms with Gasteiger partial charge in [-0.25, -0.2) is 0 Å². The van der Waals surface area contributed by atoms with E-state index in [1.165, 1.54) is 6.07 Å². The number of aliphatic hydroxyl groups is 1. The lowest BCUT2D eigenvalue weighted by atomic mass is 9.83. The molecule has 3 heterocycles. The van der Waals surface area contributed by atoms with Gasteiger partial charge in [0.2, 0.25) is 0 Å². The van der Waals surface area contributed by atoms with E-state index < -0.39 is 11.7 Å². The molecule has 128 valence electrons. The predicted octanol–water partition coefficient (Wildman–Crippen LogP) is 3.29. The number of aromatic hydroxyl groups is 1. The van der Waals surface area contributed by atoms with Gasteiger partial charge in [0.25, 0.3) is 0 Å². The van der Waals surface area contributed by atoms with Crippen LogP contribution in [-0.2, 0) is 5.60 Å². The van der Waals surface area contributed by atoms with Crippen LogP contribution in [0.4, 0.5) is 0 Å². The molecule has 0 amide bonds. The van der Waals surface area contributed by atoms with Gasteiger partial charge in [0.1, 0.15) is 35.2 Å². The average Bonchev–Trinajstić information content (AvgIpc) is 2.85. The van der Waals surface area contributed by atoms with Gasteiger partial charge in [0, 0.05) is 17.2 Å². The molecular formula is C20H18O5. The summed E-state index contributed by atoms with van der Waals surface area (Å²) in [7, 11) is 0. The van der Waals surface area contributed by atoms with E-state index in [1.54, 1.807) is 12.1 Å². The minimum atomic E-state index is -1.28. The molecule has 2 aromatic rings. The smallest absolute Gasteiger partial charge is 0.168 e. The Morgan fingerprint density at radius 2 is 1.96 bits per heavy atom. The Balaban J connectivity index is 1.64. The number of fused-ring (bicyclic) bond motifs is 7. The molecule has 0 saturated heterocycles. The standard InChI is InChI=1S/C20H18O5/c1-19(2)8-7-12-15(25-19)6-4-13-17(12)23-10-20(22)14-5-3-11(21)9-16(14)24-18(13)20/h3-9,18,21-22H,10H2,1-2H3/t18-,20-/m0/s1. The minimum absolute atomic E-state index is 0.0795. The Hall–Kier alpha value is -2.66. The fourth-order valence-electron chi connectivity index (χ4n) is 3.80. The topological polar surface area (TPSA) is 68.2 Å². The highest BCUT2D eigenvalue weighted by Crippen LogP contribution is 2.56. The number of ether oxygens (including phenoxy) is 3. The zero-order chi connectivity index (χ0) is 17.4. The third-order valence-electron chi connectivity index (χ3n) is 5.04. The molecule has 0 spiro atoms. The molecule has 2 aromatic carbocycles. The van der Waals surface area contributed by atoms with Crippen molar-refractivity contribution < 1.29 is 24.4 Å². The summed E-state index contributed by atoms with van der Waals surface area (Å²) in [6, 6.07) is 8.52. The van der Waals surface area contributed by atoms with Crippen LogP contribution < -0.4 is 14.2 Å². The van der Waals surface area contributed by atoms with E-state index in [0.29, 0.717) is 17.1 Å². The van der Waals surface area contributed by atoms with Crippen molar-refractivity contribution in [2.24, 2.45) is 0 Å². The molecule has 0 unspecified atom stereocenters. The molecule has 0 aromatic heterocycles. The average molecular weight is 338 g/mol. The van der Waals surface area contributed by atoms with Crippen molar-refractivity contribution in [3.8, 4) is 23.0 Å². The second-order valence-electron chi connectivity index (χ2n) is 7.33. The third-order valence-corrected chi connectivity index (χ3v) is 5.04. The maximum absolute atomic E-state index is 11.2. The Bertz CT molecular complexity index is 930. The SMILES string of the molecule is CC1(C)C=Cc2c(ccc3c2OC[C@]2(O)c4ccc(O)cc4O[C@@H]32)O1. The van der Waals surface area contributed by atoms with Crippen LogP contribution in [0, 0.1) is 0 Å². The fraction of sp³-hybridized carbons (Fsp3) is 0.300. The molecule has 3 aliphatic rings. The summed E-state index contributed by atoms with van der Waals surface area (Å²) in [6.07, 6.45) is 3.40. The quantitative estimate of drug-likeness (QED) is 0.771. The van der Waals surface area contributed by atoms with Crippen molar-refractivity contribution in [2.75, 3.05) is 6.61 Å². The number of phenols is 1. The van der Waals surface area contributed by atoms with Crippen LogP contribution in [0.1, 0.15) is 36.6 Å². The van der Waals surface area contributed by atoms with Gasteiger partial charge < -0.3 is 24.4 Å². The van der Waals surface area contributed by atoms with Crippen molar-refractivity contribution in [1.29, 1.82) is 0 Å². The highest BCUT2D eigenvalue weighted by atomic mass is 16.5. The van der Waals surface area contributed by atoms with E-state index in [4.69, 9.17) is 14.2 Å². The summed E-state index contributed by atoms with van der Waals surface area (Å²) < 4.78 is 18.0. The maximum Gasteiger partial charge on any atom is 0.168 e. The van der Waals surface area contributed by atoms with E-state index in [2.05, 4.69) is 0 Å². The Labute approximate surface area is 145 Å². The van der Waals surface area contributed by atoms with Gasteiger partial charge in [-0.1, -0.05) is 0 Å². The molecule has 3 aliphatic heterocycles. The molecular weight excluding hydrogens is 320 g/mol. The van der Waals surface area contributed by atoms with Gasteiger partial charge in [-0.3, -0.25) is 0 Å². The first-order valence-corrected chi connectivity index (χ1v) is 8.28. The number of hydrogen-bond acceptors (Lipinski definition) is 5. The monoisotopic (exact) mass is 338 g/mol. The largest absolute Gasteiger partial charge is 0.508 e. The first-order chi connectivity index (χ1) is 11.9. The summed E-state index contributed by atoms with van der Waals surface area (Å²) >= 11 is 0. The molecule has 0 radical (unpaired) electrons. The summed E-state index contributed by atoms with van der Waals surface area (Å²) in [5.74, 6) is 2.02. The zero-order valence-corrected chi connectivity index (χ0v) is 13.9. The van der Waals surface area contributed by atoms with Crippen LogP contribution in [0.5, 0.6) is 23.0 Å². The normalized spacial score (nSPS) is 27.1. The molecule has 5 nitrogen and oxygen atoms in total. The number of hydrogen-bond donors (Lipinski definition) is 2. The Kier molecular flexibility index (Phi) is 2.63. The molecule has 2 N–H and O–H groups in total. The van der Waals surface area contributed by atoms with Crippen molar-refractivity contribution in [1.82, 2.24) is 0 Å². The summed E-state index contributed by atoms with van der Waals surface area (Å²) in [5, 5.41) is 20.9. The lowest BCUT2D eigenvalue weighted by Crippen LogP contribution is -2.41. The second-order valence-corrected chi connectivity index (χ2v) is 7.33. The van der Waals surface area contributed by atoms with Crippen LogP contribution in [0.3, 0.4) is 0 Å². The number of phenolic OH excluding ortho intramolecular Hbond substituents is 1. The fourth-order valence-corrected chi connectivity index (χ4v) is 3.80. The summed E-state index contributed by atoms with van der Waals surface area (Å²) in [5.41, 5.74) is 0.626. The molecule has 0 aliphatic carbocycles. The molecule has 25 heavy (non-hydrogen) atoms. The number of rotatable bonds is 0. The van der Waals surface area contributed by atoms with Crippen LogP contribution >= 0.6 is 0 Å². The van der Waals surface area contributed by atoms with Crippen molar-refractivity contribution in [2.45, 2.75) is 31.2 Å². The maximum atomic E-state index is 11.2. The van der Waals surface area contributed by atoms with Crippen LogP contribution in [0.15, 0.2) is 36.4 Å². The van der Waals surface area contributed by atoms with Crippen LogP contribution in [0.25, 0.3) is 6.08 Å². The van der Waals surface area contributed by atoms with Gasteiger partial charge in [0.15, 0.2) is 11.7 Å². The van der Waals surface area contributed by atoms with E-state index >= 15 is 0 Å². The van der Waals surface area contributed by atoms with E-state index in [9.17, 15) is 10.2 Å². The van der Waals surface area contributed by atoms with E-state index in [1.807, 2.05) is 38.1 Å². The summed E-state index contributed by atoms with van der Waals surface area (Å²) in [4.78, 5) is 0. The van der Waals surface area contributed by atoms with E-state index in [0.717, 1.165) is 16.9 Å². The van der Waals surface area contributed by atoms with Gasteiger partial charge in [-0.15, -0.1) is 0 Å². The highest BCUT2D eigenvalue weighted by Gasteiger charge is 2.53. The number of benzene rings is 2. The Morgan fingerprint density at radius 3 is 2.80 bits per heavy atom. The van der Waals surface area contributed by atoms with Crippen molar-refractivity contribution in [3.63, 3.8) is 0 Å². The van der Waals surface area contributed by atoms with Crippen molar-refractivity contribution >= 4 is 6.08 Å². The first-order valence-electron chi connectivity index (χ1n) is 8.28. The molecule has 0 bridgehead atoms. The molecule has 5 rings (SSSR count). The summed E-state index contributed by atoms with van der Waals surface area (Å²) in [6.45, 7) is 4.07. The van der Waals surface area contributed by atoms with E-state index in [-0.39, 0.29) is 18.0 Å². The highest BCUT2D eigenvalue weighted by molar-refractivity contribution is 5.70. The molecule has 5 heteroatoms. The van der Waals surface area contributed by atoms with Crippen LogP contribution in [-0.4, -0.2) is 22.4 Å². The van der Waals surface area contributed by atoms with Gasteiger partial charge in [-0.2, -0.15) is 0 Å². The zero-order valence-electron chi connectivity index (χ0n) is 13.9. The molecule has 0 saturated carbocycles. The third kappa shape index (κ3) is 1.93. The van der Waals surface area contributed by atoms with Gasteiger partial charge in [0.05, 0.1) is 5.56 Å². The second kappa shape index (κ2) is 4.49. The van der Waals surface area contributed by atoms with Crippen LogP contribution in [0.2, 0.25) is 0 Å².